The van der Waals surface area contributed by atoms with E-state index in [1.54, 1.807) is 6.08 Å². The number of rotatable bonds is 46. The minimum absolute atomic E-state index is 0.202. The molecule has 1 heterocycles. The van der Waals surface area contributed by atoms with E-state index in [1.807, 2.05) is 6.08 Å². The molecule has 9 heteroatoms. The zero-order valence-corrected chi connectivity index (χ0v) is 42.0. The highest BCUT2D eigenvalue weighted by Gasteiger charge is 2.44. The van der Waals surface area contributed by atoms with Gasteiger partial charge in [0.05, 0.1) is 25.4 Å². The minimum Gasteiger partial charge on any atom is -0.394 e. The molecule has 0 aromatic carbocycles. The van der Waals surface area contributed by atoms with Crippen molar-refractivity contribution in [1.82, 2.24) is 5.32 Å². The molecule has 0 bridgehead atoms. The fourth-order valence-electron chi connectivity index (χ4n) is 8.46. The van der Waals surface area contributed by atoms with Crippen LogP contribution in [0, 0.1) is 0 Å². The summed E-state index contributed by atoms with van der Waals surface area (Å²) in [6.45, 7) is 3.71. The van der Waals surface area contributed by atoms with Crippen molar-refractivity contribution in [3.8, 4) is 0 Å². The Balaban J connectivity index is 2.20. The monoisotopic (exact) mass is 918 g/mol. The van der Waals surface area contributed by atoms with Gasteiger partial charge >= 0.3 is 0 Å². The molecule has 9 nitrogen and oxygen atoms in total. The molecule has 7 atom stereocenters. The third-order valence-corrected chi connectivity index (χ3v) is 12.9. The van der Waals surface area contributed by atoms with E-state index in [0.29, 0.717) is 6.42 Å². The maximum Gasteiger partial charge on any atom is 0.220 e. The molecule has 6 N–H and O–H groups in total. The standard InChI is InChI=1S/C56H103NO8/c1-3-5-7-9-11-13-15-16-17-18-19-20-21-22-23-24-25-26-27-28-29-30-31-32-33-34-36-37-39-41-43-45-50(59)49(48-64-56-55(63)54(62)53(61)51(47-58)65-56)57-52(60)46-44-42-40-38-35-14-12-10-8-6-4-2/h10,12,31-32,36-37,43,45,49-51,53-56,58-59,61-63H,3-9,11,13-30,33-35,38-42,44,46-48H2,1-2H3,(H,57,60)/b12-10-,32-31+,37-36+,45-43+. The number of allylic oxidation sites excluding steroid dienone is 7. The third-order valence-electron chi connectivity index (χ3n) is 12.9. The van der Waals surface area contributed by atoms with Crippen LogP contribution in [-0.4, -0.2) is 87.5 Å². The number of carbonyl (C=O) groups excluding carboxylic acids is 1. The van der Waals surface area contributed by atoms with Gasteiger partial charge in [-0.15, -0.1) is 0 Å². The molecule has 1 rings (SSSR count). The normalized spacial score (nSPS) is 20.3. The Morgan fingerprint density at radius 2 is 0.892 bits per heavy atom. The number of ether oxygens (including phenoxy) is 2. The molecule has 1 amide bonds. The fourth-order valence-corrected chi connectivity index (χ4v) is 8.46. The quantitative estimate of drug-likeness (QED) is 0.0261. The Morgan fingerprint density at radius 3 is 1.34 bits per heavy atom. The van der Waals surface area contributed by atoms with Crippen molar-refractivity contribution in [2.24, 2.45) is 0 Å². The van der Waals surface area contributed by atoms with Gasteiger partial charge in [0.1, 0.15) is 24.4 Å². The number of nitrogens with one attached hydrogen (secondary N) is 1. The van der Waals surface area contributed by atoms with Crippen LogP contribution < -0.4 is 5.32 Å². The molecule has 1 aliphatic heterocycles. The first-order valence-electron chi connectivity index (χ1n) is 27.4. The van der Waals surface area contributed by atoms with E-state index in [9.17, 15) is 30.3 Å². The summed E-state index contributed by atoms with van der Waals surface area (Å²) >= 11 is 0. The highest BCUT2D eigenvalue weighted by molar-refractivity contribution is 5.76. The van der Waals surface area contributed by atoms with E-state index < -0.39 is 49.5 Å². The summed E-state index contributed by atoms with van der Waals surface area (Å²) in [5.74, 6) is -0.202. The molecule has 0 aliphatic carbocycles. The molecule has 380 valence electrons. The number of hydrogen-bond donors (Lipinski definition) is 6. The summed E-state index contributed by atoms with van der Waals surface area (Å²) in [5, 5.41) is 54.2. The molecule has 0 saturated carbocycles. The predicted molar refractivity (Wildman–Crippen MR) is 272 cm³/mol. The van der Waals surface area contributed by atoms with Crippen LogP contribution in [0.2, 0.25) is 0 Å². The zero-order valence-electron chi connectivity index (χ0n) is 42.0. The summed E-state index contributed by atoms with van der Waals surface area (Å²) < 4.78 is 11.2. The number of hydrogen-bond acceptors (Lipinski definition) is 8. The second-order valence-electron chi connectivity index (χ2n) is 19.0. The van der Waals surface area contributed by atoms with Crippen molar-refractivity contribution >= 4 is 5.91 Å². The highest BCUT2D eigenvalue weighted by Crippen LogP contribution is 2.23. The molecule has 65 heavy (non-hydrogen) atoms. The van der Waals surface area contributed by atoms with E-state index >= 15 is 0 Å². The third kappa shape index (κ3) is 35.9. The Bertz CT molecular complexity index is 1160. The van der Waals surface area contributed by atoms with Crippen LogP contribution in [0.5, 0.6) is 0 Å². The largest absolute Gasteiger partial charge is 0.394 e. The minimum atomic E-state index is -1.58. The average molecular weight is 918 g/mol. The molecule has 0 radical (unpaired) electrons. The summed E-state index contributed by atoms with van der Waals surface area (Å²) in [6, 6.07) is -0.832. The summed E-state index contributed by atoms with van der Waals surface area (Å²) in [6.07, 6.45) is 53.5. The van der Waals surface area contributed by atoms with Gasteiger partial charge < -0.3 is 40.3 Å². The molecule has 0 aromatic rings. The topological polar surface area (TPSA) is 149 Å². The fraction of sp³-hybridized carbons (Fsp3) is 0.839. The smallest absolute Gasteiger partial charge is 0.220 e. The van der Waals surface area contributed by atoms with Gasteiger partial charge in [0.15, 0.2) is 6.29 Å². The summed E-state index contributed by atoms with van der Waals surface area (Å²) in [5.41, 5.74) is 0. The lowest BCUT2D eigenvalue weighted by molar-refractivity contribution is -0.302. The van der Waals surface area contributed by atoms with Crippen molar-refractivity contribution in [2.45, 2.75) is 288 Å². The molecule has 7 unspecified atom stereocenters. The van der Waals surface area contributed by atoms with Gasteiger partial charge in [-0.05, 0) is 64.2 Å². The molecule has 0 aromatic heterocycles. The molecule has 1 fully saturated rings. The van der Waals surface area contributed by atoms with Crippen LogP contribution >= 0.6 is 0 Å². The lowest BCUT2D eigenvalue weighted by atomic mass is 9.99. The molecule has 0 spiro atoms. The van der Waals surface area contributed by atoms with Crippen molar-refractivity contribution in [3.63, 3.8) is 0 Å². The van der Waals surface area contributed by atoms with E-state index in [-0.39, 0.29) is 12.5 Å². The molecular weight excluding hydrogens is 815 g/mol. The molecular formula is C56H103NO8. The lowest BCUT2D eigenvalue weighted by Crippen LogP contribution is -2.60. The van der Waals surface area contributed by atoms with Crippen LogP contribution in [0.15, 0.2) is 48.6 Å². The Hall–Kier alpha value is -1.85. The maximum absolute atomic E-state index is 12.9. The Labute approximate surface area is 399 Å². The van der Waals surface area contributed by atoms with Crippen LogP contribution in [-0.2, 0) is 14.3 Å². The first kappa shape index (κ1) is 61.2. The summed E-state index contributed by atoms with van der Waals surface area (Å²) in [4.78, 5) is 12.9. The van der Waals surface area contributed by atoms with Crippen LogP contribution in [0.4, 0.5) is 0 Å². The highest BCUT2D eigenvalue weighted by atomic mass is 16.7. The Morgan fingerprint density at radius 1 is 0.508 bits per heavy atom. The van der Waals surface area contributed by atoms with Crippen molar-refractivity contribution in [3.05, 3.63) is 48.6 Å². The molecule has 1 aliphatic rings. The van der Waals surface area contributed by atoms with Gasteiger partial charge in [-0.1, -0.05) is 223 Å². The number of amides is 1. The second kappa shape index (κ2) is 45.9. The van der Waals surface area contributed by atoms with Crippen molar-refractivity contribution < 1.29 is 39.8 Å². The van der Waals surface area contributed by atoms with Gasteiger partial charge in [0, 0.05) is 6.42 Å². The number of aliphatic hydroxyl groups excluding tert-OH is 5. The average Bonchev–Trinajstić information content (AvgIpc) is 3.31. The zero-order chi connectivity index (χ0) is 47.3. The lowest BCUT2D eigenvalue weighted by Gasteiger charge is -2.40. The van der Waals surface area contributed by atoms with Crippen molar-refractivity contribution in [1.29, 1.82) is 0 Å². The van der Waals surface area contributed by atoms with Crippen LogP contribution in [0.25, 0.3) is 0 Å². The first-order chi connectivity index (χ1) is 31.8. The van der Waals surface area contributed by atoms with E-state index in [1.165, 1.54) is 154 Å². The van der Waals surface area contributed by atoms with Gasteiger partial charge in [0.2, 0.25) is 5.91 Å². The Kier molecular flexibility index (Phi) is 43.2. The van der Waals surface area contributed by atoms with Crippen LogP contribution in [0.1, 0.15) is 245 Å². The number of aliphatic hydroxyl groups is 5. The van der Waals surface area contributed by atoms with Gasteiger partial charge in [0.25, 0.3) is 0 Å². The maximum atomic E-state index is 12.9. The van der Waals surface area contributed by atoms with Gasteiger partial charge in [-0.2, -0.15) is 0 Å². The molecule has 1 saturated heterocycles. The van der Waals surface area contributed by atoms with E-state index in [4.69, 9.17) is 9.47 Å². The van der Waals surface area contributed by atoms with E-state index in [0.717, 1.165) is 70.6 Å². The predicted octanol–water partition coefficient (Wildman–Crippen LogP) is 13.0. The van der Waals surface area contributed by atoms with Crippen molar-refractivity contribution in [2.75, 3.05) is 13.2 Å². The first-order valence-corrected chi connectivity index (χ1v) is 27.4. The SMILES string of the molecule is CCCC/C=C\CCCCCCCC(=O)NC(COC1OC(CO)C(O)C(O)C1O)C(O)/C=C/CC/C=C/CC/C=C/CCCCCCCCCCCCCCCCCCCCCCC. The summed E-state index contributed by atoms with van der Waals surface area (Å²) in [7, 11) is 0. The number of unbranched alkanes of at least 4 members (excludes halogenated alkanes) is 30. The number of carbonyl (C=O) groups is 1. The second-order valence-corrected chi connectivity index (χ2v) is 19.0. The van der Waals surface area contributed by atoms with Gasteiger partial charge in [-0.25, -0.2) is 0 Å². The van der Waals surface area contributed by atoms with E-state index in [2.05, 4.69) is 55.6 Å². The van der Waals surface area contributed by atoms with Crippen LogP contribution in [0.3, 0.4) is 0 Å². The van der Waals surface area contributed by atoms with Gasteiger partial charge in [-0.3, -0.25) is 4.79 Å².